The molecule has 0 aromatic rings. The Bertz CT molecular complexity index is 273. The fourth-order valence-corrected chi connectivity index (χ4v) is 2.17. The van der Waals surface area contributed by atoms with E-state index < -0.39 is 5.97 Å². The predicted molar refractivity (Wildman–Crippen MR) is 54.9 cm³/mol. The minimum Gasteiger partial charge on any atom is -0.550 e. The van der Waals surface area contributed by atoms with Gasteiger partial charge in [-0.25, -0.2) is 0 Å². The van der Waals surface area contributed by atoms with Gasteiger partial charge in [-0.1, -0.05) is 19.1 Å². The normalized spacial score (nSPS) is 24.7. The molecule has 1 aliphatic rings. The molecule has 0 saturated heterocycles. The quantitative estimate of drug-likeness (QED) is 0.556. The molecule has 94 valence electrons. The molecule has 16 heavy (non-hydrogen) atoms. The number of carbonyl (C=O) groups is 2. The minimum atomic E-state index is -1.04. The van der Waals surface area contributed by atoms with Crippen LogP contribution in [0.3, 0.4) is 0 Å². The van der Waals surface area contributed by atoms with E-state index >= 15 is 0 Å². The molecule has 0 radical (unpaired) electrons. The summed E-state index contributed by atoms with van der Waals surface area (Å²) < 4.78 is 0. The number of allylic oxidation sites excluding steroid dienone is 2. The summed E-state index contributed by atoms with van der Waals surface area (Å²) in [5.41, 5.74) is 0. The molecule has 0 heterocycles. The zero-order chi connectivity index (χ0) is 11.3. The zero-order valence-corrected chi connectivity index (χ0v) is 10.3. The minimum absolute atomic E-state index is 0. The number of hydrogen-bond acceptors (Lipinski definition) is 3. The van der Waals surface area contributed by atoms with Crippen molar-refractivity contribution in [1.82, 2.24) is 0 Å². The molecule has 1 saturated carbocycles. The summed E-state index contributed by atoms with van der Waals surface area (Å²) in [5.74, 6) is -0.934. The van der Waals surface area contributed by atoms with Gasteiger partial charge in [-0.05, 0) is 31.6 Å². The molecule has 0 unspecified atom stereocenters. The summed E-state index contributed by atoms with van der Waals surface area (Å²) in [6, 6.07) is 0. The van der Waals surface area contributed by atoms with Gasteiger partial charge in [-0.2, -0.15) is 0 Å². The maximum atomic E-state index is 11.5. The zero-order valence-electron chi connectivity index (χ0n) is 9.37. The first-order chi connectivity index (χ1) is 7.15. The molecule has 1 rings (SSSR count). The summed E-state index contributed by atoms with van der Waals surface area (Å²) in [5, 5.41) is 10.5. The number of Topliss-reactive ketones (excluding diaryl/α,β-unsaturated/α-hetero) is 1. The molecule has 0 aromatic heterocycles. The van der Waals surface area contributed by atoms with Gasteiger partial charge in [0.15, 0.2) is 0 Å². The average molecular weight is 273 g/mol. The second-order valence-corrected chi connectivity index (χ2v) is 4.06. The van der Waals surface area contributed by atoms with Crippen LogP contribution in [0.4, 0.5) is 0 Å². The third kappa shape index (κ3) is 4.50. The van der Waals surface area contributed by atoms with Gasteiger partial charge in [0.25, 0.3) is 0 Å². The fourth-order valence-electron chi connectivity index (χ4n) is 2.17. The Morgan fingerprint density at radius 1 is 1.50 bits per heavy atom. The van der Waals surface area contributed by atoms with Crippen LogP contribution >= 0.6 is 0 Å². The first kappa shape index (κ1) is 15.4. The van der Waals surface area contributed by atoms with Crippen LogP contribution in [0, 0.1) is 11.8 Å². The van der Waals surface area contributed by atoms with Crippen molar-refractivity contribution in [2.75, 3.05) is 0 Å². The Labute approximate surface area is 107 Å². The number of carboxylic acids is 1. The van der Waals surface area contributed by atoms with Crippen molar-refractivity contribution in [3.8, 4) is 0 Å². The van der Waals surface area contributed by atoms with Gasteiger partial charge in [-0.3, -0.25) is 4.79 Å². The molecule has 4 heteroatoms. The van der Waals surface area contributed by atoms with Crippen LogP contribution < -0.4 is 5.11 Å². The van der Waals surface area contributed by atoms with Gasteiger partial charge in [-0.15, -0.1) is 0 Å². The number of rotatable bonds is 5. The summed E-state index contributed by atoms with van der Waals surface area (Å²) in [6.45, 7) is 2.03. The maximum Gasteiger partial charge on any atom is 1.00 e. The SMILES string of the molecule is CC/C=C\C[C@H]1C(=O)CC[C@@H]1CC(=O)[O-].[Cu+]. The molecule has 1 fully saturated rings. The van der Waals surface area contributed by atoms with Crippen LogP contribution in [0.2, 0.25) is 0 Å². The van der Waals surface area contributed by atoms with E-state index in [4.69, 9.17) is 0 Å². The predicted octanol–water partition coefficient (Wildman–Crippen LogP) is 1.08. The van der Waals surface area contributed by atoms with E-state index in [-0.39, 0.29) is 41.1 Å². The van der Waals surface area contributed by atoms with Crippen LogP contribution in [-0.2, 0) is 26.7 Å². The van der Waals surface area contributed by atoms with E-state index in [2.05, 4.69) is 0 Å². The topological polar surface area (TPSA) is 57.2 Å². The molecule has 0 amide bonds. The summed E-state index contributed by atoms with van der Waals surface area (Å²) >= 11 is 0. The third-order valence-corrected chi connectivity index (χ3v) is 2.97. The third-order valence-electron chi connectivity index (χ3n) is 2.97. The number of carbonyl (C=O) groups excluding carboxylic acids is 2. The van der Waals surface area contributed by atoms with E-state index in [0.29, 0.717) is 19.3 Å². The molecule has 0 aliphatic heterocycles. The Morgan fingerprint density at radius 3 is 2.75 bits per heavy atom. The van der Waals surface area contributed by atoms with Crippen LogP contribution in [-0.4, -0.2) is 11.8 Å². The standard InChI is InChI=1S/C12H18O3.Cu/c1-2-3-4-5-10-9(8-12(14)15)6-7-11(10)13;/h3-4,9-10H,2,5-8H2,1H3,(H,14,15);/q;+1/p-1/b4-3-;/t9-,10-;/m1./s1. The van der Waals surface area contributed by atoms with Gasteiger partial charge < -0.3 is 9.90 Å². The Morgan fingerprint density at radius 2 is 2.19 bits per heavy atom. The van der Waals surface area contributed by atoms with Crippen molar-refractivity contribution in [1.29, 1.82) is 0 Å². The second-order valence-electron chi connectivity index (χ2n) is 4.06. The van der Waals surface area contributed by atoms with E-state index in [9.17, 15) is 14.7 Å². The van der Waals surface area contributed by atoms with E-state index in [0.717, 1.165) is 6.42 Å². The Balaban J connectivity index is 0.00000225. The number of aliphatic carboxylic acids is 1. The van der Waals surface area contributed by atoms with Gasteiger partial charge in [0.1, 0.15) is 5.78 Å². The number of ketones is 1. The Kier molecular flexibility index (Phi) is 7.35. The Hall–Kier alpha value is -0.601. The average Bonchev–Trinajstić information content (AvgIpc) is 2.49. The van der Waals surface area contributed by atoms with E-state index in [1.807, 2.05) is 19.1 Å². The van der Waals surface area contributed by atoms with Crippen molar-refractivity contribution >= 4 is 11.8 Å². The van der Waals surface area contributed by atoms with Crippen molar-refractivity contribution in [2.45, 2.75) is 39.0 Å². The van der Waals surface area contributed by atoms with Crippen molar-refractivity contribution < 1.29 is 31.8 Å². The molecule has 3 nitrogen and oxygen atoms in total. The van der Waals surface area contributed by atoms with Crippen molar-refractivity contribution in [2.24, 2.45) is 11.8 Å². The van der Waals surface area contributed by atoms with E-state index in [1.54, 1.807) is 0 Å². The summed E-state index contributed by atoms with van der Waals surface area (Å²) in [6.07, 6.45) is 6.89. The maximum absolute atomic E-state index is 11.5. The largest absolute Gasteiger partial charge is 1.00 e. The molecule has 0 aromatic carbocycles. The molecule has 0 N–H and O–H groups in total. The van der Waals surface area contributed by atoms with Gasteiger partial charge in [0.05, 0.1) is 0 Å². The smallest absolute Gasteiger partial charge is 0.550 e. The second kappa shape index (κ2) is 7.64. The van der Waals surface area contributed by atoms with Gasteiger partial charge >= 0.3 is 17.1 Å². The molecule has 1 aliphatic carbocycles. The monoisotopic (exact) mass is 272 g/mol. The van der Waals surface area contributed by atoms with Crippen molar-refractivity contribution in [3.63, 3.8) is 0 Å². The van der Waals surface area contributed by atoms with E-state index in [1.165, 1.54) is 0 Å². The molecule has 0 bridgehead atoms. The first-order valence-corrected chi connectivity index (χ1v) is 5.52. The van der Waals surface area contributed by atoms with Crippen LogP contribution in [0.5, 0.6) is 0 Å². The summed E-state index contributed by atoms with van der Waals surface area (Å²) in [4.78, 5) is 22.0. The summed E-state index contributed by atoms with van der Waals surface area (Å²) in [7, 11) is 0. The van der Waals surface area contributed by atoms with Crippen LogP contribution in [0.25, 0.3) is 0 Å². The molecular formula is C12H17CuO3. The number of hydrogen-bond donors (Lipinski definition) is 0. The van der Waals surface area contributed by atoms with Crippen LogP contribution in [0.1, 0.15) is 39.0 Å². The first-order valence-electron chi connectivity index (χ1n) is 5.52. The molecule has 2 atom stereocenters. The van der Waals surface area contributed by atoms with Gasteiger partial charge in [0, 0.05) is 18.3 Å². The van der Waals surface area contributed by atoms with Crippen molar-refractivity contribution in [3.05, 3.63) is 12.2 Å². The number of carboxylic acid groups (broad SMARTS) is 1. The fraction of sp³-hybridized carbons (Fsp3) is 0.667. The molecular weight excluding hydrogens is 256 g/mol. The van der Waals surface area contributed by atoms with Crippen LogP contribution in [0.15, 0.2) is 12.2 Å². The molecule has 0 spiro atoms. The van der Waals surface area contributed by atoms with Gasteiger partial charge in [0.2, 0.25) is 0 Å².